The molecule has 1 N–H and O–H groups in total. The first-order chi connectivity index (χ1) is 10.5. The molecule has 0 spiro atoms. The van der Waals surface area contributed by atoms with Crippen LogP contribution in [0.2, 0.25) is 0 Å². The predicted molar refractivity (Wildman–Crippen MR) is 84.3 cm³/mol. The van der Waals surface area contributed by atoms with Crippen molar-refractivity contribution in [1.82, 2.24) is 10.3 Å². The van der Waals surface area contributed by atoms with Gasteiger partial charge in [0, 0.05) is 35.8 Å². The fourth-order valence-electron chi connectivity index (χ4n) is 3.08. The topological polar surface area (TPSA) is 34.1 Å². The van der Waals surface area contributed by atoms with Crippen molar-refractivity contribution in [1.29, 1.82) is 0 Å². The number of ether oxygens (including phenoxy) is 1. The van der Waals surface area contributed by atoms with Gasteiger partial charge in [-0.05, 0) is 32.9 Å². The molecule has 0 saturated carbocycles. The Morgan fingerprint density at radius 2 is 2.09 bits per heavy atom. The lowest BCUT2D eigenvalue weighted by molar-refractivity contribution is 0.0640. The third-order valence-corrected chi connectivity index (χ3v) is 4.10. The number of rotatable bonds is 3. The maximum atomic E-state index is 13.9. The molecule has 2 aromatic rings. The van der Waals surface area contributed by atoms with Gasteiger partial charge in [0.25, 0.3) is 0 Å². The van der Waals surface area contributed by atoms with Gasteiger partial charge in [-0.3, -0.25) is 4.98 Å². The highest BCUT2D eigenvalue weighted by Crippen LogP contribution is 2.40. The quantitative estimate of drug-likeness (QED) is 0.923. The summed E-state index contributed by atoms with van der Waals surface area (Å²) < 4.78 is 20.0. The van der Waals surface area contributed by atoms with E-state index in [9.17, 15) is 4.39 Å². The van der Waals surface area contributed by atoms with Crippen LogP contribution in [0.1, 0.15) is 50.4 Å². The molecule has 2 heterocycles. The molecule has 2 unspecified atom stereocenters. The van der Waals surface area contributed by atoms with Crippen LogP contribution in [0, 0.1) is 5.82 Å². The summed E-state index contributed by atoms with van der Waals surface area (Å²) >= 11 is 0. The minimum Gasteiger partial charge on any atom is -0.487 e. The molecule has 4 heteroatoms. The normalized spacial score (nSPS) is 20.8. The van der Waals surface area contributed by atoms with Gasteiger partial charge in [0.2, 0.25) is 0 Å². The Balaban J connectivity index is 1.87. The number of aromatic nitrogens is 1. The van der Waals surface area contributed by atoms with E-state index in [1.54, 1.807) is 12.3 Å². The second-order valence-electron chi connectivity index (χ2n) is 6.44. The number of benzene rings is 1. The number of nitrogens with one attached hydrogen (secondary N) is 1. The van der Waals surface area contributed by atoms with Gasteiger partial charge < -0.3 is 10.1 Å². The van der Waals surface area contributed by atoms with Crippen molar-refractivity contribution in [2.45, 2.75) is 44.9 Å². The number of nitrogens with zero attached hydrogens (tertiary/aromatic N) is 1. The largest absolute Gasteiger partial charge is 0.487 e. The van der Waals surface area contributed by atoms with Crippen molar-refractivity contribution in [3.63, 3.8) is 0 Å². The van der Waals surface area contributed by atoms with Crippen LogP contribution in [-0.4, -0.2) is 10.6 Å². The Bertz CT molecular complexity index is 672. The van der Waals surface area contributed by atoms with Gasteiger partial charge in [-0.25, -0.2) is 4.39 Å². The summed E-state index contributed by atoms with van der Waals surface area (Å²) in [7, 11) is 0. The van der Waals surface area contributed by atoms with E-state index < -0.39 is 0 Å². The van der Waals surface area contributed by atoms with E-state index >= 15 is 0 Å². The summed E-state index contributed by atoms with van der Waals surface area (Å²) in [5, 5.41) is 3.54. The summed E-state index contributed by atoms with van der Waals surface area (Å²) in [5.41, 5.74) is 1.52. The van der Waals surface area contributed by atoms with Crippen molar-refractivity contribution in [2.75, 3.05) is 0 Å². The van der Waals surface area contributed by atoms with Gasteiger partial charge in [0.1, 0.15) is 17.2 Å². The van der Waals surface area contributed by atoms with Gasteiger partial charge in [-0.1, -0.05) is 18.2 Å². The van der Waals surface area contributed by atoms with Gasteiger partial charge in [0.15, 0.2) is 0 Å². The van der Waals surface area contributed by atoms with Crippen LogP contribution in [0.15, 0.2) is 42.7 Å². The molecule has 0 radical (unpaired) electrons. The molecule has 1 aromatic heterocycles. The van der Waals surface area contributed by atoms with Gasteiger partial charge in [-0.2, -0.15) is 0 Å². The zero-order valence-corrected chi connectivity index (χ0v) is 13.1. The molecular formula is C18H21FN2O. The van der Waals surface area contributed by atoms with E-state index in [0.717, 1.165) is 17.7 Å². The highest BCUT2D eigenvalue weighted by molar-refractivity contribution is 5.39. The molecule has 116 valence electrons. The van der Waals surface area contributed by atoms with E-state index in [0.29, 0.717) is 5.56 Å². The number of halogens is 1. The van der Waals surface area contributed by atoms with Crippen LogP contribution in [0.5, 0.6) is 5.75 Å². The van der Waals surface area contributed by atoms with E-state index in [2.05, 4.69) is 30.2 Å². The van der Waals surface area contributed by atoms with E-state index in [4.69, 9.17) is 4.74 Å². The summed E-state index contributed by atoms with van der Waals surface area (Å²) in [6, 6.07) is 9.79. The highest BCUT2D eigenvalue weighted by Gasteiger charge is 2.34. The van der Waals surface area contributed by atoms with Crippen LogP contribution in [0.3, 0.4) is 0 Å². The lowest BCUT2D eigenvalue weighted by Crippen LogP contribution is -2.40. The lowest BCUT2D eigenvalue weighted by atomic mass is 9.89. The molecule has 1 aliphatic rings. The minimum atomic E-state index is -0.276. The minimum absolute atomic E-state index is 0.102. The molecule has 3 rings (SSSR count). The fourth-order valence-corrected chi connectivity index (χ4v) is 3.08. The molecule has 1 aromatic carbocycles. The van der Waals surface area contributed by atoms with Crippen molar-refractivity contribution in [3.05, 3.63) is 59.7 Å². The van der Waals surface area contributed by atoms with Crippen LogP contribution in [0.25, 0.3) is 0 Å². The molecule has 0 aliphatic carbocycles. The first-order valence-corrected chi connectivity index (χ1v) is 7.60. The Morgan fingerprint density at radius 1 is 1.32 bits per heavy atom. The van der Waals surface area contributed by atoms with Gasteiger partial charge >= 0.3 is 0 Å². The smallest absolute Gasteiger partial charge is 0.146 e. The molecule has 0 fully saturated rings. The molecule has 0 saturated heterocycles. The SMILES string of the molecule is CC(NC1CC(C)(C)Oc2ccccc21)c1ccncc1F. The third kappa shape index (κ3) is 2.97. The Hall–Kier alpha value is -1.94. The average Bonchev–Trinajstić information content (AvgIpc) is 2.46. The zero-order valence-electron chi connectivity index (χ0n) is 13.1. The van der Waals surface area contributed by atoms with Gasteiger partial charge in [0.05, 0.1) is 6.20 Å². The van der Waals surface area contributed by atoms with E-state index in [1.807, 2.05) is 25.1 Å². The van der Waals surface area contributed by atoms with Crippen molar-refractivity contribution in [2.24, 2.45) is 0 Å². The zero-order chi connectivity index (χ0) is 15.7. The maximum Gasteiger partial charge on any atom is 0.146 e. The molecule has 0 bridgehead atoms. The summed E-state index contributed by atoms with van der Waals surface area (Å²) in [6.45, 7) is 6.13. The summed E-state index contributed by atoms with van der Waals surface area (Å²) in [4.78, 5) is 3.81. The van der Waals surface area contributed by atoms with E-state index in [-0.39, 0.29) is 23.5 Å². The Morgan fingerprint density at radius 3 is 2.86 bits per heavy atom. The Kier molecular flexibility index (Phi) is 3.87. The Labute approximate surface area is 130 Å². The maximum absolute atomic E-state index is 13.9. The molecular weight excluding hydrogens is 279 g/mol. The second kappa shape index (κ2) is 5.69. The summed E-state index contributed by atoms with van der Waals surface area (Å²) in [5.74, 6) is 0.626. The van der Waals surface area contributed by atoms with Crippen molar-refractivity contribution < 1.29 is 9.13 Å². The number of fused-ring (bicyclic) bond motifs is 1. The number of hydrogen-bond acceptors (Lipinski definition) is 3. The predicted octanol–water partition coefficient (Wildman–Crippen LogP) is 4.17. The van der Waals surface area contributed by atoms with Crippen LogP contribution in [-0.2, 0) is 0 Å². The first-order valence-electron chi connectivity index (χ1n) is 7.60. The average molecular weight is 300 g/mol. The number of pyridine rings is 1. The second-order valence-corrected chi connectivity index (χ2v) is 6.44. The first kappa shape index (κ1) is 15.0. The van der Waals surface area contributed by atoms with E-state index in [1.165, 1.54) is 6.20 Å². The third-order valence-electron chi connectivity index (χ3n) is 4.10. The van der Waals surface area contributed by atoms with Crippen molar-refractivity contribution in [3.8, 4) is 5.75 Å². The number of para-hydroxylation sites is 1. The van der Waals surface area contributed by atoms with Crippen molar-refractivity contribution >= 4 is 0 Å². The monoisotopic (exact) mass is 300 g/mol. The molecule has 22 heavy (non-hydrogen) atoms. The van der Waals surface area contributed by atoms with Crippen LogP contribution < -0.4 is 10.1 Å². The molecule has 3 nitrogen and oxygen atoms in total. The molecule has 0 amide bonds. The highest BCUT2D eigenvalue weighted by atomic mass is 19.1. The summed E-state index contributed by atoms with van der Waals surface area (Å²) in [6.07, 6.45) is 3.72. The molecule has 2 atom stereocenters. The number of hydrogen-bond donors (Lipinski definition) is 1. The molecule has 1 aliphatic heterocycles. The van der Waals surface area contributed by atoms with Gasteiger partial charge in [-0.15, -0.1) is 0 Å². The van der Waals surface area contributed by atoms with Crippen LogP contribution >= 0.6 is 0 Å². The lowest BCUT2D eigenvalue weighted by Gasteiger charge is -2.39. The fraction of sp³-hybridized carbons (Fsp3) is 0.389. The van der Waals surface area contributed by atoms with Crippen LogP contribution in [0.4, 0.5) is 4.39 Å². The standard InChI is InChI=1S/C18H21FN2O/c1-12(13-8-9-20-11-15(13)19)21-16-10-18(2,3)22-17-7-5-4-6-14(16)17/h4-9,11-12,16,21H,10H2,1-3H3.